The van der Waals surface area contributed by atoms with Gasteiger partial charge in [-0.1, -0.05) is 12.2 Å². The van der Waals surface area contributed by atoms with Crippen LogP contribution in [0.3, 0.4) is 0 Å². The normalized spacial score (nSPS) is 10.9. The molecular formula is C30H34N2O8. The van der Waals surface area contributed by atoms with E-state index in [1.807, 2.05) is 24.3 Å². The van der Waals surface area contributed by atoms with Crippen LogP contribution >= 0.6 is 0 Å². The monoisotopic (exact) mass is 550 g/mol. The molecule has 0 aromatic heterocycles. The summed E-state index contributed by atoms with van der Waals surface area (Å²) in [6, 6.07) is 10.6. The molecule has 3 rings (SSSR count). The number of amides is 1. The highest BCUT2D eigenvalue weighted by Gasteiger charge is 2.15. The van der Waals surface area contributed by atoms with Crippen molar-refractivity contribution in [1.82, 2.24) is 0 Å². The minimum Gasteiger partial charge on any atom is -0.493 e. The maximum atomic E-state index is 12.9. The molecule has 3 N–H and O–H groups in total. The van der Waals surface area contributed by atoms with Crippen molar-refractivity contribution in [3.63, 3.8) is 0 Å². The average Bonchev–Trinajstić information content (AvgIpc) is 2.97. The highest BCUT2D eigenvalue weighted by Crippen LogP contribution is 2.40. The standard InChI is InChI=1S/C30H34N2O8/c1-34-23-14-18(12-21(31)28(23)38-5)10-11-27(33)32-22-13-19(15-24(35-2)29(22)39-6)8-9-20-16-25(36-3)30(40-7)26(17-20)37-4/h8-17H,31H2,1-7H3,(H,32,33)/b9-8+,11-10+. The van der Waals surface area contributed by atoms with Gasteiger partial charge in [-0.05, 0) is 59.2 Å². The number of methoxy groups -OCH3 is 7. The van der Waals surface area contributed by atoms with Crippen LogP contribution in [0.5, 0.6) is 40.2 Å². The molecule has 0 unspecified atom stereocenters. The number of anilines is 2. The lowest BCUT2D eigenvalue weighted by atomic mass is 10.1. The van der Waals surface area contributed by atoms with Gasteiger partial charge in [-0.25, -0.2) is 0 Å². The summed E-state index contributed by atoms with van der Waals surface area (Å²) < 4.78 is 37.9. The fourth-order valence-electron chi connectivity index (χ4n) is 4.02. The number of rotatable bonds is 12. The smallest absolute Gasteiger partial charge is 0.248 e. The summed E-state index contributed by atoms with van der Waals surface area (Å²) in [7, 11) is 10.7. The molecule has 212 valence electrons. The molecule has 40 heavy (non-hydrogen) atoms. The van der Waals surface area contributed by atoms with Gasteiger partial charge >= 0.3 is 0 Å². The van der Waals surface area contributed by atoms with Gasteiger partial charge in [0.1, 0.15) is 0 Å². The van der Waals surface area contributed by atoms with Gasteiger partial charge in [0.25, 0.3) is 0 Å². The minimum atomic E-state index is -0.389. The van der Waals surface area contributed by atoms with Gasteiger partial charge in [0.15, 0.2) is 34.5 Å². The first-order valence-electron chi connectivity index (χ1n) is 12.1. The number of nitrogen functional groups attached to an aromatic ring is 1. The molecule has 3 aromatic rings. The van der Waals surface area contributed by atoms with Gasteiger partial charge in [0.05, 0.1) is 61.1 Å². The summed E-state index contributed by atoms with van der Waals surface area (Å²) in [4.78, 5) is 12.9. The summed E-state index contributed by atoms with van der Waals surface area (Å²) in [5, 5.41) is 2.85. The Balaban J connectivity index is 1.91. The number of ether oxygens (including phenoxy) is 7. The van der Waals surface area contributed by atoms with Crippen molar-refractivity contribution in [2.24, 2.45) is 0 Å². The zero-order valence-electron chi connectivity index (χ0n) is 23.6. The number of nitrogens with one attached hydrogen (secondary N) is 1. The zero-order valence-corrected chi connectivity index (χ0v) is 23.6. The molecule has 0 radical (unpaired) electrons. The van der Waals surface area contributed by atoms with Crippen molar-refractivity contribution in [3.05, 3.63) is 59.2 Å². The Kier molecular flexibility index (Phi) is 10.1. The van der Waals surface area contributed by atoms with Crippen LogP contribution in [0.2, 0.25) is 0 Å². The van der Waals surface area contributed by atoms with Crippen LogP contribution in [0.1, 0.15) is 16.7 Å². The van der Waals surface area contributed by atoms with Crippen LogP contribution in [0.25, 0.3) is 18.2 Å². The third-order valence-corrected chi connectivity index (χ3v) is 5.87. The molecule has 0 aliphatic heterocycles. The second kappa shape index (κ2) is 13.7. The predicted octanol–water partition coefficient (Wildman–Crippen LogP) is 5.15. The Labute approximate surface area is 233 Å². The topological polar surface area (TPSA) is 120 Å². The van der Waals surface area contributed by atoms with Crippen molar-refractivity contribution < 1.29 is 38.0 Å². The lowest BCUT2D eigenvalue weighted by Gasteiger charge is -2.15. The molecule has 3 aromatic carbocycles. The first-order chi connectivity index (χ1) is 19.3. The number of benzene rings is 3. The average molecular weight is 551 g/mol. The van der Waals surface area contributed by atoms with E-state index in [1.54, 1.807) is 51.7 Å². The first kappa shape index (κ1) is 29.6. The molecule has 1 amide bonds. The molecule has 10 nitrogen and oxygen atoms in total. The second-order valence-electron chi connectivity index (χ2n) is 8.26. The number of nitrogens with two attached hydrogens (primary N) is 1. The molecular weight excluding hydrogens is 516 g/mol. The third kappa shape index (κ3) is 6.71. The molecule has 0 bridgehead atoms. The SMILES string of the molecule is COc1cc(/C=C/C(=O)Nc2cc(/C=C/c3cc(OC)c(OC)c(OC)c3)cc(OC)c2OC)cc(N)c1OC. The second-order valence-corrected chi connectivity index (χ2v) is 8.26. The van der Waals surface area contributed by atoms with Gasteiger partial charge in [-0.15, -0.1) is 0 Å². The predicted molar refractivity (Wildman–Crippen MR) is 156 cm³/mol. The fraction of sp³-hybridized carbons (Fsp3) is 0.233. The maximum absolute atomic E-state index is 12.9. The molecule has 0 aliphatic rings. The molecule has 0 aliphatic carbocycles. The Hall–Kier alpha value is -4.99. The fourth-order valence-corrected chi connectivity index (χ4v) is 4.02. The summed E-state index contributed by atoms with van der Waals surface area (Å²) >= 11 is 0. The Morgan fingerprint density at radius 3 is 1.48 bits per heavy atom. The van der Waals surface area contributed by atoms with E-state index < -0.39 is 0 Å². The Morgan fingerprint density at radius 1 is 0.575 bits per heavy atom. The highest BCUT2D eigenvalue weighted by molar-refractivity contribution is 6.03. The van der Waals surface area contributed by atoms with Crippen molar-refractivity contribution in [2.45, 2.75) is 0 Å². The van der Waals surface area contributed by atoms with Crippen LogP contribution in [-0.4, -0.2) is 55.7 Å². The van der Waals surface area contributed by atoms with E-state index in [-0.39, 0.29) is 5.91 Å². The first-order valence-corrected chi connectivity index (χ1v) is 12.1. The molecule has 0 saturated heterocycles. The summed E-state index contributed by atoms with van der Waals surface area (Å²) in [6.45, 7) is 0. The van der Waals surface area contributed by atoms with Crippen LogP contribution in [0.15, 0.2) is 42.5 Å². The number of carbonyl (C=O) groups is 1. The molecule has 0 spiro atoms. The minimum absolute atomic E-state index is 0.379. The van der Waals surface area contributed by atoms with E-state index in [1.165, 1.54) is 34.5 Å². The lowest BCUT2D eigenvalue weighted by Crippen LogP contribution is -2.09. The Morgan fingerprint density at radius 2 is 1.00 bits per heavy atom. The lowest BCUT2D eigenvalue weighted by molar-refractivity contribution is -0.111. The van der Waals surface area contributed by atoms with Gasteiger partial charge in [0.2, 0.25) is 11.7 Å². The van der Waals surface area contributed by atoms with Crippen LogP contribution in [0, 0.1) is 0 Å². The maximum Gasteiger partial charge on any atom is 0.248 e. The van der Waals surface area contributed by atoms with Crippen molar-refractivity contribution >= 4 is 35.5 Å². The van der Waals surface area contributed by atoms with Crippen LogP contribution in [0.4, 0.5) is 11.4 Å². The van der Waals surface area contributed by atoms with Crippen molar-refractivity contribution in [3.8, 4) is 40.2 Å². The molecule has 10 heteroatoms. The highest BCUT2D eigenvalue weighted by atomic mass is 16.5. The van der Waals surface area contributed by atoms with E-state index in [0.717, 1.165) is 11.1 Å². The molecule has 0 atom stereocenters. The van der Waals surface area contributed by atoms with Crippen LogP contribution < -0.4 is 44.2 Å². The number of hydrogen-bond acceptors (Lipinski definition) is 9. The van der Waals surface area contributed by atoms with E-state index >= 15 is 0 Å². The Bertz CT molecular complexity index is 1390. The van der Waals surface area contributed by atoms with Gasteiger partial charge in [-0.2, -0.15) is 0 Å². The van der Waals surface area contributed by atoms with Gasteiger partial charge in [-0.3, -0.25) is 4.79 Å². The van der Waals surface area contributed by atoms with Gasteiger partial charge in [0, 0.05) is 6.08 Å². The third-order valence-electron chi connectivity index (χ3n) is 5.87. The summed E-state index contributed by atoms with van der Waals surface area (Å²) in [5.41, 5.74) is 9.08. The molecule has 0 heterocycles. The van der Waals surface area contributed by atoms with E-state index in [9.17, 15) is 4.79 Å². The van der Waals surface area contributed by atoms with Crippen molar-refractivity contribution in [1.29, 1.82) is 0 Å². The molecule has 0 saturated carbocycles. The van der Waals surface area contributed by atoms with E-state index in [0.29, 0.717) is 57.2 Å². The number of hydrogen-bond donors (Lipinski definition) is 2. The van der Waals surface area contributed by atoms with Crippen molar-refractivity contribution in [2.75, 3.05) is 60.8 Å². The van der Waals surface area contributed by atoms with E-state index in [2.05, 4.69) is 5.32 Å². The van der Waals surface area contributed by atoms with Crippen LogP contribution in [-0.2, 0) is 4.79 Å². The van der Waals surface area contributed by atoms with Gasteiger partial charge < -0.3 is 44.2 Å². The largest absolute Gasteiger partial charge is 0.493 e. The van der Waals surface area contributed by atoms with E-state index in [4.69, 9.17) is 38.9 Å². The zero-order chi connectivity index (χ0) is 29.2. The summed E-state index contributed by atoms with van der Waals surface area (Å²) in [5.74, 6) is 2.89. The number of carbonyl (C=O) groups excluding carboxylic acids is 1. The quantitative estimate of drug-likeness (QED) is 0.179. The molecule has 0 fully saturated rings. The summed E-state index contributed by atoms with van der Waals surface area (Å²) in [6.07, 6.45) is 6.73.